The van der Waals surface area contributed by atoms with E-state index in [-0.39, 0.29) is 84.6 Å². The minimum atomic E-state index is -0.698. The first-order valence-electron chi connectivity index (χ1n) is 21.8. The fraction of sp³-hybridized carbons (Fsp3) is 0.826. The SMILES string of the molecule is C=CC1COCCC2C[C@@H](C)C(=O)/C=C/C(C)=C/[C@H](CO[C@@H]3O[C@H](C)[C@@H](C)[C@@H](OC)[C@H]3OC)[C@@H](CC)OC(=O)C[C@@H](O1)[C@H](C)[C@H]2O[C@@H]1O[C@H](C)[C@@H](C)[C@H](N(C)C)[C@H]1C. The maximum Gasteiger partial charge on any atom is 0.308 e. The Labute approximate surface area is 349 Å². The molecule has 3 fully saturated rings. The summed E-state index contributed by atoms with van der Waals surface area (Å²) in [5.41, 5.74) is 0.854. The van der Waals surface area contributed by atoms with Gasteiger partial charge in [0.25, 0.3) is 0 Å². The fourth-order valence-corrected chi connectivity index (χ4v) is 9.63. The van der Waals surface area contributed by atoms with Crippen molar-refractivity contribution in [2.24, 2.45) is 41.4 Å². The van der Waals surface area contributed by atoms with E-state index in [4.69, 9.17) is 42.6 Å². The van der Waals surface area contributed by atoms with Crippen LogP contribution in [0.4, 0.5) is 0 Å². The summed E-state index contributed by atoms with van der Waals surface area (Å²) in [6.45, 7) is 23.6. The Bertz CT molecular complexity index is 1370. The zero-order chi connectivity index (χ0) is 42.8. The molecule has 0 aromatic heterocycles. The third-order valence-corrected chi connectivity index (χ3v) is 13.4. The molecule has 12 heteroatoms. The van der Waals surface area contributed by atoms with Gasteiger partial charge in [0.15, 0.2) is 18.4 Å². The number of methoxy groups -OCH3 is 2. The summed E-state index contributed by atoms with van der Waals surface area (Å²) >= 11 is 0. The molecule has 0 radical (unpaired) electrons. The molecule has 332 valence electrons. The molecule has 0 spiro atoms. The second kappa shape index (κ2) is 22.7. The zero-order valence-corrected chi connectivity index (χ0v) is 37.8. The maximum atomic E-state index is 14.2. The largest absolute Gasteiger partial charge is 0.462 e. The summed E-state index contributed by atoms with van der Waals surface area (Å²) < 4.78 is 57.5. The first-order chi connectivity index (χ1) is 27.5. The minimum Gasteiger partial charge on any atom is -0.462 e. The van der Waals surface area contributed by atoms with Gasteiger partial charge < -0.3 is 47.5 Å². The topological polar surface area (TPSA) is 120 Å². The van der Waals surface area contributed by atoms with E-state index in [1.807, 2.05) is 39.8 Å². The summed E-state index contributed by atoms with van der Waals surface area (Å²) in [5, 5.41) is 0. The Morgan fingerprint density at radius 3 is 2.17 bits per heavy atom. The first-order valence-corrected chi connectivity index (χ1v) is 21.8. The lowest BCUT2D eigenvalue weighted by Crippen LogP contribution is -2.56. The van der Waals surface area contributed by atoms with Gasteiger partial charge >= 0.3 is 5.97 Å². The molecule has 12 nitrogen and oxygen atoms in total. The van der Waals surface area contributed by atoms with E-state index < -0.39 is 43.1 Å². The van der Waals surface area contributed by atoms with Crippen LogP contribution in [0.2, 0.25) is 0 Å². The summed E-state index contributed by atoms with van der Waals surface area (Å²) in [6.07, 6.45) is 4.90. The van der Waals surface area contributed by atoms with Crippen LogP contribution in [0.15, 0.2) is 36.5 Å². The average Bonchev–Trinajstić information content (AvgIpc) is 3.18. The molecule has 3 saturated heterocycles. The number of cyclic esters (lactones) is 1. The van der Waals surface area contributed by atoms with Crippen molar-refractivity contribution < 1.29 is 52.2 Å². The molecule has 0 aromatic carbocycles. The van der Waals surface area contributed by atoms with E-state index in [9.17, 15) is 9.59 Å². The second-order valence-corrected chi connectivity index (χ2v) is 17.8. The van der Waals surface area contributed by atoms with E-state index in [2.05, 4.69) is 60.2 Å². The molecule has 4 heterocycles. The molecule has 0 aliphatic carbocycles. The highest BCUT2D eigenvalue weighted by Crippen LogP contribution is 2.39. The lowest BCUT2D eigenvalue weighted by atomic mass is 9.79. The summed E-state index contributed by atoms with van der Waals surface area (Å²) in [7, 11) is 7.51. The van der Waals surface area contributed by atoms with Gasteiger partial charge in [0.05, 0.1) is 56.3 Å². The van der Waals surface area contributed by atoms with Gasteiger partial charge in [-0.25, -0.2) is 0 Å². The van der Waals surface area contributed by atoms with Crippen LogP contribution in [-0.4, -0.2) is 132 Å². The van der Waals surface area contributed by atoms with Crippen LogP contribution in [0.3, 0.4) is 0 Å². The normalized spacial score (nSPS) is 44.3. The Hall–Kier alpha value is -2.00. The van der Waals surface area contributed by atoms with Gasteiger partial charge in [-0.3, -0.25) is 9.59 Å². The Balaban J connectivity index is 1.72. The third-order valence-electron chi connectivity index (χ3n) is 13.4. The number of carbonyl (C=O) groups excluding carboxylic acids is 2. The van der Waals surface area contributed by atoms with Crippen LogP contribution < -0.4 is 0 Å². The lowest BCUT2D eigenvalue weighted by Gasteiger charge is -2.49. The van der Waals surface area contributed by atoms with Crippen LogP contribution in [0.25, 0.3) is 0 Å². The quantitative estimate of drug-likeness (QED) is 0.170. The van der Waals surface area contributed by atoms with Crippen molar-refractivity contribution in [3.63, 3.8) is 0 Å². The van der Waals surface area contributed by atoms with Crippen molar-refractivity contribution in [3.8, 4) is 0 Å². The predicted molar refractivity (Wildman–Crippen MR) is 223 cm³/mol. The smallest absolute Gasteiger partial charge is 0.308 e. The van der Waals surface area contributed by atoms with Gasteiger partial charge in [-0.15, -0.1) is 6.58 Å². The molecule has 0 aromatic rings. The number of allylic oxidation sites excluding steroid dienone is 3. The van der Waals surface area contributed by atoms with Gasteiger partial charge in [0.1, 0.15) is 12.2 Å². The number of rotatable bonds is 10. The van der Waals surface area contributed by atoms with Crippen LogP contribution in [0.5, 0.6) is 0 Å². The number of ketones is 1. The van der Waals surface area contributed by atoms with Gasteiger partial charge in [0, 0.05) is 56.5 Å². The number of nitrogens with zero attached hydrogens (tertiary/aromatic N) is 1. The van der Waals surface area contributed by atoms with E-state index >= 15 is 0 Å². The number of carbonyl (C=O) groups is 2. The van der Waals surface area contributed by atoms with Crippen molar-refractivity contribution in [2.75, 3.05) is 48.1 Å². The zero-order valence-electron chi connectivity index (χ0n) is 37.8. The van der Waals surface area contributed by atoms with E-state index in [1.165, 1.54) is 0 Å². The highest BCUT2D eigenvalue weighted by molar-refractivity contribution is 5.91. The number of fused-ring (bicyclic) bond motifs is 3. The standard InChI is InChI=1S/C46H77NO11/c1-15-36-25-52-20-19-34-22-27(4)37(48)18-17-26(3)21-35(24-53-46-44(51-14)43(50-13)29(6)33(10)55-46)38(16-2)57-40(49)23-39(56-36)30(7)42(34)58-45-31(8)41(47(11)12)28(5)32(9)54-45/h15,17-18,21,27-36,38-39,41-46H,1,16,19-20,22-25H2,2-14H3/b18-17+,26-21+/t27-,28-,29-,30+,31-,32-,33-,34?,35-,36?,38-,39-,41+,42-,43-,44-,45+,46-/m1/s1. The molecule has 18 atom stereocenters. The second-order valence-electron chi connectivity index (χ2n) is 17.8. The molecule has 2 bridgehead atoms. The summed E-state index contributed by atoms with van der Waals surface area (Å²) in [6, 6.07) is 0.228. The molecule has 4 rings (SSSR count). The van der Waals surface area contributed by atoms with Gasteiger partial charge in [0.2, 0.25) is 0 Å². The van der Waals surface area contributed by atoms with E-state index in [1.54, 1.807) is 26.4 Å². The Kier molecular flexibility index (Phi) is 19.1. The number of ether oxygens (including phenoxy) is 9. The maximum absolute atomic E-state index is 14.2. The molecule has 4 aliphatic heterocycles. The minimum absolute atomic E-state index is 0.0174. The van der Waals surface area contributed by atoms with Gasteiger partial charge in [-0.1, -0.05) is 65.3 Å². The van der Waals surface area contributed by atoms with Crippen LogP contribution >= 0.6 is 0 Å². The van der Waals surface area contributed by atoms with Crippen LogP contribution in [0.1, 0.15) is 88.0 Å². The highest BCUT2D eigenvalue weighted by atomic mass is 16.7. The number of hydrogen-bond acceptors (Lipinski definition) is 12. The van der Waals surface area contributed by atoms with Crippen LogP contribution in [-0.2, 0) is 52.2 Å². The number of hydrogen-bond donors (Lipinski definition) is 0. The number of esters is 1. The van der Waals surface area contributed by atoms with Crippen molar-refractivity contribution in [1.82, 2.24) is 4.90 Å². The lowest BCUT2D eigenvalue weighted by molar-refractivity contribution is -0.292. The monoisotopic (exact) mass is 820 g/mol. The summed E-state index contributed by atoms with van der Waals surface area (Å²) in [4.78, 5) is 30.4. The van der Waals surface area contributed by atoms with E-state index in [0.29, 0.717) is 38.4 Å². The Morgan fingerprint density at radius 1 is 0.862 bits per heavy atom. The van der Waals surface area contributed by atoms with Crippen molar-refractivity contribution in [3.05, 3.63) is 36.5 Å². The molecular weight excluding hydrogens is 743 g/mol. The third kappa shape index (κ3) is 12.3. The molecule has 0 amide bonds. The van der Waals surface area contributed by atoms with Gasteiger partial charge in [-0.2, -0.15) is 0 Å². The molecule has 58 heavy (non-hydrogen) atoms. The predicted octanol–water partition coefficient (Wildman–Crippen LogP) is 6.80. The summed E-state index contributed by atoms with van der Waals surface area (Å²) in [5.74, 6) is -0.977. The average molecular weight is 820 g/mol. The van der Waals surface area contributed by atoms with Crippen molar-refractivity contribution >= 4 is 11.8 Å². The molecular formula is C46H77NO11. The fourth-order valence-electron chi connectivity index (χ4n) is 9.63. The highest BCUT2D eigenvalue weighted by Gasteiger charge is 2.47. The Morgan fingerprint density at radius 2 is 1.53 bits per heavy atom. The van der Waals surface area contributed by atoms with E-state index in [0.717, 1.165) is 5.57 Å². The molecule has 2 unspecified atom stereocenters. The molecule has 4 aliphatic rings. The molecule has 0 saturated carbocycles. The van der Waals surface area contributed by atoms with Crippen molar-refractivity contribution in [2.45, 2.75) is 155 Å². The van der Waals surface area contributed by atoms with Crippen molar-refractivity contribution in [1.29, 1.82) is 0 Å². The van der Waals surface area contributed by atoms with Crippen LogP contribution in [0, 0.1) is 41.4 Å². The first kappa shape index (κ1) is 48.7. The molecule has 0 N–H and O–H groups in total. The van der Waals surface area contributed by atoms with Gasteiger partial charge in [-0.05, 0) is 72.0 Å².